The van der Waals surface area contributed by atoms with Crippen LogP contribution in [-0.2, 0) is 16.1 Å². The van der Waals surface area contributed by atoms with Crippen LogP contribution < -0.4 is 9.47 Å². The third kappa shape index (κ3) is 3.96. The smallest absolute Gasteiger partial charge is 0.331 e. The molecule has 2 aromatic carbocycles. The summed E-state index contributed by atoms with van der Waals surface area (Å²) in [5.74, 6) is 1.17. The molecule has 0 unspecified atom stereocenters. The number of carbonyl (C=O) groups excluding carboxylic acids is 1. The van der Waals surface area contributed by atoms with Crippen molar-refractivity contribution in [3.05, 3.63) is 65.7 Å². The van der Waals surface area contributed by atoms with Crippen molar-refractivity contribution in [2.24, 2.45) is 0 Å². The molecule has 1 heterocycles. The summed E-state index contributed by atoms with van der Waals surface area (Å²) in [5.41, 5.74) is 2.96. The van der Waals surface area contributed by atoms with Gasteiger partial charge in [-0.2, -0.15) is 0 Å². The number of ether oxygens (including phenoxy) is 3. The fraction of sp³-hybridized carbons (Fsp3) is 0.250. The number of benzene rings is 2. The van der Waals surface area contributed by atoms with Gasteiger partial charge >= 0.3 is 5.97 Å². The highest BCUT2D eigenvalue weighted by Gasteiger charge is 2.17. The first-order valence-electron chi connectivity index (χ1n) is 8.07. The van der Waals surface area contributed by atoms with E-state index in [4.69, 9.17) is 14.2 Å². The van der Waals surface area contributed by atoms with Crippen molar-refractivity contribution in [2.75, 3.05) is 13.2 Å². The molecule has 2 aromatic rings. The van der Waals surface area contributed by atoms with Gasteiger partial charge in [0.25, 0.3) is 0 Å². The van der Waals surface area contributed by atoms with Gasteiger partial charge in [-0.25, -0.2) is 4.79 Å². The molecule has 0 amide bonds. The molecule has 4 heteroatoms. The Hall–Kier alpha value is -2.75. The quantitative estimate of drug-likeness (QED) is 0.616. The maximum atomic E-state index is 11.7. The molecule has 0 aliphatic carbocycles. The second kappa shape index (κ2) is 7.68. The Morgan fingerprint density at radius 1 is 1.21 bits per heavy atom. The minimum Gasteiger partial charge on any atom is -0.492 e. The van der Waals surface area contributed by atoms with Gasteiger partial charge in [0.15, 0.2) is 0 Å². The molecule has 0 N–H and O–H groups in total. The van der Waals surface area contributed by atoms with Crippen LogP contribution >= 0.6 is 0 Å². The fourth-order valence-corrected chi connectivity index (χ4v) is 2.60. The minimum absolute atomic E-state index is 0.315. The van der Waals surface area contributed by atoms with Crippen molar-refractivity contribution < 1.29 is 19.0 Å². The van der Waals surface area contributed by atoms with Crippen molar-refractivity contribution in [2.45, 2.75) is 20.0 Å². The average molecular weight is 324 g/mol. The molecular weight excluding hydrogens is 304 g/mol. The van der Waals surface area contributed by atoms with Gasteiger partial charge in [-0.15, -0.1) is 0 Å². The lowest BCUT2D eigenvalue weighted by Gasteiger charge is -2.21. The SMILES string of the molecule is CCOC(=O)/C=C1/CCOc2cc(OCc3ccccc3)ccc21. The van der Waals surface area contributed by atoms with E-state index in [2.05, 4.69) is 0 Å². The molecule has 24 heavy (non-hydrogen) atoms. The lowest BCUT2D eigenvalue weighted by atomic mass is 9.99. The summed E-state index contributed by atoms with van der Waals surface area (Å²) in [6.07, 6.45) is 2.24. The second-order valence-electron chi connectivity index (χ2n) is 5.45. The zero-order chi connectivity index (χ0) is 16.8. The van der Waals surface area contributed by atoms with E-state index >= 15 is 0 Å². The number of carbonyl (C=O) groups is 1. The molecule has 3 rings (SSSR count). The van der Waals surface area contributed by atoms with Gasteiger partial charge in [0.2, 0.25) is 0 Å². The van der Waals surface area contributed by atoms with Crippen molar-refractivity contribution in [3.8, 4) is 11.5 Å². The molecule has 0 saturated carbocycles. The van der Waals surface area contributed by atoms with E-state index in [0.29, 0.717) is 26.2 Å². The molecule has 0 bridgehead atoms. The third-order valence-corrected chi connectivity index (χ3v) is 3.75. The third-order valence-electron chi connectivity index (χ3n) is 3.75. The number of fused-ring (bicyclic) bond motifs is 1. The van der Waals surface area contributed by atoms with E-state index in [1.165, 1.54) is 0 Å². The van der Waals surface area contributed by atoms with Gasteiger partial charge < -0.3 is 14.2 Å². The predicted molar refractivity (Wildman–Crippen MR) is 91.9 cm³/mol. The first-order valence-corrected chi connectivity index (χ1v) is 8.07. The van der Waals surface area contributed by atoms with E-state index in [-0.39, 0.29) is 5.97 Å². The Morgan fingerprint density at radius 3 is 2.83 bits per heavy atom. The summed E-state index contributed by atoms with van der Waals surface area (Å²) < 4.78 is 16.5. The van der Waals surface area contributed by atoms with E-state index < -0.39 is 0 Å². The van der Waals surface area contributed by atoms with Crippen molar-refractivity contribution in [3.63, 3.8) is 0 Å². The Labute approximate surface area is 141 Å². The first kappa shape index (κ1) is 16.1. The zero-order valence-corrected chi connectivity index (χ0v) is 13.7. The van der Waals surface area contributed by atoms with Gasteiger partial charge in [-0.05, 0) is 30.2 Å². The summed E-state index contributed by atoms with van der Waals surface area (Å²) in [5, 5.41) is 0. The van der Waals surface area contributed by atoms with Crippen LogP contribution in [0.15, 0.2) is 54.6 Å². The van der Waals surface area contributed by atoms with Crippen LogP contribution in [0.1, 0.15) is 24.5 Å². The molecule has 1 aliphatic heterocycles. The summed E-state index contributed by atoms with van der Waals surface area (Å²) in [7, 11) is 0. The van der Waals surface area contributed by atoms with Crippen LogP contribution in [0.25, 0.3) is 5.57 Å². The van der Waals surface area contributed by atoms with Crippen molar-refractivity contribution in [1.29, 1.82) is 0 Å². The summed E-state index contributed by atoms with van der Waals surface area (Å²) in [6.45, 7) is 3.22. The van der Waals surface area contributed by atoms with Gasteiger partial charge in [0.05, 0.1) is 13.2 Å². The molecule has 0 fully saturated rings. The summed E-state index contributed by atoms with van der Waals surface area (Å²) in [4.78, 5) is 11.7. The predicted octanol–water partition coefficient (Wildman–Crippen LogP) is 3.99. The van der Waals surface area contributed by atoms with Crippen LogP contribution in [0.4, 0.5) is 0 Å². The highest BCUT2D eigenvalue weighted by Crippen LogP contribution is 2.35. The second-order valence-corrected chi connectivity index (χ2v) is 5.45. The standard InChI is InChI=1S/C20H20O4/c1-2-22-20(21)12-16-10-11-23-19-13-17(8-9-18(16)19)24-14-15-6-4-3-5-7-15/h3-9,12-13H,2,10-11,14H2,1H3/b16-12-. The van der Waals surface area contributed by atoms with E-state index in [1.54, 1.807) is 13.0 Å². The molecule has 0 atom stereocenters. The van der Waals surface area contributed by atoms with Crippen LogP contribution in [0, 0.1) is 0 Å². The summed E-state index contributed by atoms with van der Waals surface area (Å²) >= 11 is 0. The normalized spacial score (nSPS) is 14.6. The van der Waals surface area contributed by atoms with Crippen LogP contribution in [0.2, 0.25) is 0 Å². The highest BCUT2D eigenvalue weighted by molar-refractivity contribution is 5.92. The Balaban J connectivity index is 1.74. The Bertz CT molecular complexity index is 735. The first-order chi connectivity index (χ1) is 11.8. The number of hydrogen-bond donors (Lipinski definition) is 0. The van der Waals surface area contributed by atoms with Crippen LogP contribution in [-0.4, -0.2) is 19.2 Å². The molecule has 0 spiro atoms. The summed E-state index contributed by atoms with van der Waals surface area (Å²) in [6, 6.07) is 15.7. The molecule has 0 aromatic heterocycles. The van der Waals surface area contributed by atoms with Crippen molar-refractivity contribution in [1.82, 2.24) is 0 Å². The van der Waals surface area contributed by atoms with Crippen LogP contribution in [0.5, 0.6) is 11.5 Å². The maximum Gasteiger partial charge on any atom is 0.331 e. The largest absolute Gasteiger partial charge is 0.492 e. The van der Waals surface area contributed by atoms with Crippen molar-refractivity contribution >= 4 is 11.5 Å². The lowest BCUT2D eigenvalue weighted by Crippen LogP contribution is -2.10. The maximum absolute atomic E-state index is 11.7. The van der Waals surface area contributed by atoms with Gasteiger partial charge in [-0.1, -0.05) is 30.3 Å². The van der Waals surface area contributed by atoms with E-state index in [0.717, 1.165) is 28.2 Å². The van der Waals surface area contributed by atoms with E-state index in [1.807, 2.05) is 48.5 Å². The Kier molecular flexibility index (Phi) is 5.16. The Morgan fingerprint density at radius 2 is 2.04 bits per heavy atom. The lowest BCUT2D eigenvalue weighted by molar-refractivity contribution is -0.137. The van der Waals surface area contributed by atoms with Crippen LogP contribution in [0.3, 0.4) is 0 Å². The molecule has 4 nitrogen and oxygen atoms in total. The zero-order valence-electron chi connectivity index (χ0n) is 13.7. The van der Waals surface area contributed by atoms with E-state index in [9.17, 15) is 4.79 Å². The molecule has 1 aliphatic rings. The number of esters is 1. The highest BCUT2D eigenvalue weighted by atomic mass is 16.5. The molecular formula is C20H20O4. The van der Waals surface area contributed by atoms with Gasteiger partial charge in [0, 0.05) is 24.1 Å². The number of rotatable bonds is 5. The molecule has 0 saturated heterocycles. The van der Waals surface area contributed by atoms with Gasteiger partial charge in [0.1, 0.15) is 18.1 Å². The molecule has 124 valence electrons. The number of hydrogen-bond acceptors (Lipinski definition) is 4. The minimum atomic E-state index is -0.315. The molecule has 0 radical (unpaired) electrons. The fourth-order valence-electron chi connectivity index (χ4n) is 2.60. The monoisotopic (exact) mass is 324 g/mol. The topological polar surface area (TPSA) is 44.8 Å². The average Bonchev–Trinajstić information content (AvgIpc) is 2.61. The van der Waals surface area contributed by atoms with Gasteiger partial charge in [-0.3, -0.25) is 0 Å².